The molecule has 1 spiro atoms. The van der Waals surface area contributed by atoms with E-state index in [2.05, 4.69) is 26.1 Å². The SMILES string of the molecule is CCC1CCC2(C1)CC2CNC(C)C. The van der Waals surface area contributed by atoms with Crippen LogP contribution in [0.4, 0.5) is 0 Å². The Morgan fingerprint density at radius 2 is 2.14 bits per heavy atom. The number of hydrogen-bond donors (Lipinski definition) is 1. The highest BCUT2D eigenvalue weighted by Crippen LogP contribution is 2.64. The molecule has 3 atom stereocenters. The Hall–Kier alpha value is -0.0400. The van der Waals surface area contributed by atoms with Gasteiger partial charge in [0.2, 0.25) is 0 Å². The van der Waals surface area contributed by atoms with Gasteiger partial charge in [0, 0.05) is 6.04 Å². The fraction of sp³-hybridized carbons (Fsp3) is 1.00. The van der Waals surface area contributed by atoms with Crippen LogP contribution in [0, 0.1) is 17.3 Å². The normalized spacial score (nSPS) is 41.1. The molecule has 0 aliphatic heterocycles. The molecule has 0 bridgehead atoms. The Balaban J connectivity index is 1.75. The van der Waals surface area contributed by atoms with E-state index in [0.717, 1.165) is 17.3 Å². The Morgan fingerprint density at radius 3 is 2.71 bits per heavy atom. The van der Waals surface area contributed by atoms with Crippen molar-refractivity contribution in [2.75, 3.05) is 6.54 Å². The monoisotopic (exact) mass is 195 g/mol. The van der Waals surface area contributed by atoms with E-state index in [1.165, 1.54) is 38.6 Å². The molecule has 2 aliphatic carbocycles. The van der Waals surface area contributed by atoms with E-state index in [4.69, 9.17) is 0 Å². The van der Waals surface area contributed by atoms with E-state index in [1.54, 1.807) is 0 Å². The first-order valence-electron chi connectivity index (χ1n) is 6.39. The van der Waals surface area contributed by atoms with Crippen molar-refractivity contribution in [3.05, 3.63) is 0 Å². The summed E-state index contributed by atoms with van der Waals surface area (Å²) in [6, 6.07) is 0.663. The van der Waals surface area contributed by atoms with E-state index >= 15 is 0 Å². The van der Waals surface area contributed by atoms with E-state index in [-0.39, 0.29) is 0 Å². The van der Waals surface area contributed by atoms with Gasteiger partial charge in [0.25, 0.3) is 0 Å². The zero-order chi connectivity index (χ0) is 10.2. The van der Waals surface area contributed by atoms with Gasteiger partial charge in [-0.3, -0.25) is 0 Å². The van der Waals surface area contributed by atoms with Crippen LogP contribution in [0.1, 0.15) is 52.9 Å². The molecule has 14 heavy (non-hydrogen) atoms. The second-order valence-corrected chi connectivity index (χ2v) is 5.84. The molecule has 0 aromatic carbocycles. The summed E-state index contributed by atoms with van der Waals surface area (Å²) in [7, 11) is 0. The van der Waals surface area contributed by atoms with Gasteiger partial charge in [0.1, 0.15) is 0 Å². The van der Waals surface area contributed by atoms with E-state index in [9.17, 15) is 0 Å². The minimum Gasteiger partial charge on any atom is -0.314 e. The lowest BCUT2D eigenvalue weighted by Crippen LogP contribution is -2.26. The van der Waals surface area contributed by atoms with Gasteiger partial charge in [-0.1, -0.05) is 27.2 Å². The quantitative estimate of drug-likeness (QED) is 0.726. The van der Waals surface area contributed by atoms with Crippen LogP contribution in [0.2, 0.25) is 0 Å². The minimum atomic E-state index is 0.663. The molecule has 0 aromatic rings. The summed E-state index contributed by atoms with van der Waals surface area (Å²) in [5.41, 5.74) is 0.808. The van der Waals surface area contributed by atoms with Gasteiger partial charge in [-0.05, 0) is 49.5 Å². The van der Waals surface area contributed by atoms with Crippen LogP contribution in [0.25, 0.3) is 0 Å². The maximum atomic E-state index is 3.59. The summed E-state index contributed by atoms with van der Waals surface area (Å²) in [5.74, 6) is 2.07. The van der Waals surface area contributed by atoms with Gasteiger partial charge in [-0.2, -0.15) is 0 Å². The molecule has 82 valence electrons. The van der Waals surface area contributed by atoms with Crippen molar-refractivity contribution in [1.29, 1.82) is 0 Å². The zero-order valence-electron chi connectivity index (χ0n) is 9.97. The number of rotatable bonds is 4. The van der Waals surface area contributed by atoms with Crippen molar-refractivity contribution in [2.24, 2.45) is 17.3 Å². The molecule has 1 heteroatoms. The predicted octanol–water partition coefficient (Wildman–Crippen LogP) is 3.20. The molecule has 2 saturated carbocycles. The first kappa shape index (κ1) is 10.5. The van der Waals surface area contributed by atoms with E-state index < -0.39 is 0 Å². The van der Waals surface area contributed by atoms with Crippen molar-refractivity contribution in [3.63, 3.8) is 0 Å². The Bertz CT molecular complexity index is 199. The van der Waals surface area contributed by atoms with Crippen LogP contribution in [-0.4, -0.2) is 12.6 Å². The van der Waals surface area contributed by atoms with Gasteiger partial charge in [0.15, 0.2) is 0 Å². The van der Waals surface area contributed by atoms with Crippen molar-refractivity contribution in [1.82, 2.24) is 5.32 Å². The highest BCUT2D eigenvalue weighted by molar-refractivity contribution is 5.07. The summed E-state index contributed by atoms with van der Waals surface area (Å²) in [6.45, 7) is 8.12. The van der Waals surface area contributed by atoms with Gasteiger partial charge < -0.3 is 5.32 Å². The first-order valence-corrected chi connectivity index (χ1v) is 6.39. The summed E-state index contributed by atoms with van der Waals surface area (Å²) in [4.78, 5) is 0. The molecule has 1 nitrogen and oxygen atoms in total. The summed E-state index contributed by atoms with van der Waals surface area (Å²) in [5, 5.41) is 3.59. The molecule has 2 rings (SSSR count). The number of nitrogens with one attached hydrogen (secondary N) is 1. The fourth-order valence-corrected chi connectivity index (χ4v) is 3.27. The first-order chi connectivity index (χ1) is 6.66. The van der Waals surface area contributed by atoms with Gasteiger partial charge in [0.05, 0.1) is 0 Å². The fourth-order valence-electron chi connectivity index (χ4n) is 3.27. The molecule has 2 fully saturated rings. The van der Waals surface area contributed by atoms with Crippen LogP contribution in [-0.2, 0) is 0 Å². The number of hydrogen-bond acceptors (Lipinski definition) is 1. The second-order valence-electron chi connectivity index (χ2n) is 5.84. The van der Waals surface area contributed by atoms with Gasteiger partial charge in [-0.15, -0.1) is 0 Å². The van der Waals surface area contributed by atoms with Gasteiger partial charge >= 0.3 is 0 Å². The molecule has 0 aromatic heterocycles. The van der Waals surface area contributed by atoms with Crippen LogP contribution < -0.4 is 5.32 Å². The molecule has 1 N–H and O–H groups in total. The van der Waals surface area contributed by atoms with Crippen LogP contribution in [0.3, 0.4) is 0 Å². The third kappa shape index (κ3) is 1.98. The van der Waals surface area contributed by atoms with Gasteiger partial charge in [-0.25, -0.2) is 0 Å². The van der Waals surface area contributed by atoms with Crippen molar-refractivity contribution in [2.45, 2.75) is 58.9 Å². The zero-order valence-corrected chi connectivity index (χ0v) is 9.97. The third-order valence-corrected chi connectivity index (χ3v) is 4.45. The third-order valence-electron chi connectivity index (χ3n) is 4.45. The van der Waals surface area contributed by atoms with E-state index in [1.807, 2.05) is 0 Å². The molecular weight excluding hydrogens is 170 g/mol. The maximum Gasteiger partial charge on any atom is 0.00104 e. The van der Waals surface area contributed by atoms with Crippen LogP contribution >= 0.6 is 0 Å². The Morgan fingerprint density at radius 1 is 1.36 bits per heavy atom. The lowest BCUT2D eigenvalue weighted by molar-refractivity contribution is 0.413. The molecular formula is C13H25N. The summed E-state index contributed by atoms with van der Waals surface area (Å²) >= 11 is 0. The summed E-state index contributed by atoms with van der Waals surface area (Å²) < 4.78 is 0. The second kappa shape index (κ2) is 3.84. The highest BCUT2D eigenvalue weighted by Gasteiger charge is 2.56. The molecule has 3 unspecified atom stereocenters. The lowest BCUT2D eigenvalue weighted by Gasteiger charge is -2.12. The standard InChI is InChI=1S/C13H25N/c1-4-11-5-6-13(7-11)8-12(13)9-14-10(2)3/h10-12,14H,4-9H2,1-3H3. The molecule has 0 saturated heterocycles. The lowest BCUT2D eigenvalue weighted by atomic mass is 9.98. The largest absolute Gasteiger partial charge is 0.314 e. The minimum absolute atomic E-state index is 0.663. The van der Waals surface area contributed by atoms with E-state index in [0.29, 0.717) is 6.04 Å². The molecule has 0 amide bonds. The van der Waals surface area contributed by atoms with Crippen molar-refractivity contribution < 1.29 is 0 Å². The molecule has 0 heterocycles. The Labute approximate surface area is 88.7 Å². The van der Waals surface area contributed by atoms with Crippen molar-refractivity contribution >= 4 is 0 Å². The average Bonchev–Trinajstić information content (AvgIpc) is 2.63. The van der Waals surface area contributed by atoms with Crippen LogP contribution in [0.5, 0.6) is 0 Å². The Kier molecular flexibility index (Phi) is 2.88. The highest BCUT2D eigenvalue weighted by atomic mass is 14.9. The van der Waals surface area contributed by atoms with Crippen molar-refractivity contribution in [3.8, 4) is 0 Å². The smallest absolute Gasteiger partial charge is 0.00104 e. The summed E-state index contributed by atoms with van der Waals surface area (Å²) in [6.07, 6.45) is 7.49. The molecule has 0 radical (unpaired) electrons. The maximum absolute atomic E-state index is 3.59. The predicted molar refractivity (Wildman–Crippen MR) is 61.3 cm³/mol. The topological polar surface area (TPSA) is 12.0 Å². The van der Waals surface area contributed by atoms with Crippen LogP contribution in [0.15, 0.2) is 0 Å². The molecule has 2 aliphatic rings. The average molecular weight is 195 g/mol.